The number of hydrogen-bond donors (Lipinski definition) is 1. The third-order valence-electron chi connectivity index (χ3n) is 3.80. The van der Waals surface area contributed by atoms with Gasteiger partial charge < -0.3 is 4.74 Å². The summed E-state index contributed by atoms with van der Waals surface area (Å²) in [5.41, 5.74) is 0.513. The van der Waals surface area contributed by atoms with E-state index >= 15 is 0 Å². The van der Waals surface area contributed by atoms with Crippen molar-refractivity contribution in [3.05, 3.63) is 57.8 Å². The van der Waals surface area contributed by atoms with Crippen LogP contribution < -0.4 is 10.1 Å². The number of non-ortho nitro benzene ring substituents is 1. The van der Waals surface area contributed by atoms with Crippen molar-refractivity contribution >= 4 is 11.8 Å². The van der Waals surface area contributed by atoms with Crippen molar-refractivity contribution in [1.29, 1.82) is 0 Å². The monoisotopic (exact) mass is 386 g/mol. The second-order valence-electron chi connectivity index (χ2n) is 5.80. The van der Waals surface area contributed by atoms with Gasteiger partial charge in [0.05, 0.1) is 11.0 Å². The first-order chi connectivity index (χ1) is 12.6. The van der Waals surface area contributed by atoms with Gasteiger partial charge in [-0.05, 0) is 30.2 Å². The standard InChI is InChI=1S/C17H17F3N2O5/c1-3-11-9-12(8-10(2)15(11)27-17(18,19)20)21-16(23)26-14-6-4-13(5-7-14)22(24)25/h4-10,15H,3H2,1-2H3,(H,21,23). The van der Waals surface area contributed by atoms with E-state index in [1.807, 2.05) is 0 Å². The number of amides is 1. The van der Waals surface area contributed by atoms with Gasteiger partial charge in [0.25, 0.3) is 5.69 Å². The quantitative estimate of drug-likeness (QED) is 0.596. The van der Waals surface area contributed by atoms with E-state index in [4.69, 9.17) is 4.74 Å². The van der Waals surface area contributed by atoms with Crippen LogP contribution >= 0.6 is 0 Å². The molecular formula is C17H17F3N2O5. The van der Waals surface area contributed by atoms with Crippen LogP contribution in [0.3, 0.4) is 0 Å². The van der Waals surface area contributed by atoms with Gasteiger partial charge in [0.2, 0.25) is 0 Å². The lowest BCUT2D eigenvalue weighted by Crippen LogP contribution is -2.35. The number of alkyl halides is 3. The van der Waals surface area contributed by atoms with Gasteiger partial charge in [-0.1, -0.05) is 19.9 Å². The molecule has 0 saturated carbocycles. The number of carbonyl (C=O) groups excluding carboxylic acids is 1. The third-order valence-corrected chi connectivity index (χ3v) is 3.80. The maximum Gasteiger partial charge on any atom is 0.523 e. The van der Waals surface area contributed by atoms with Crippen molar-refractivity contribution in [1.82, 2.24) is 5.32 Å². The van der Waals surface area contributed by atoms with Gasteiger partial charge in [0.15, 0.2) is 0 Å². The van der Waals surface area contributed by atoms with E-state index in [1.165, 1.54) is 36.4 Å². The Labute approximate surface area is 152 Å². The molecule has 10 heteroatoms. The number of carbonyl (C=O) groups is 1. The zero-order valence-electron chi connectivity index (χ0n) is 14.4. The molecule has 1 amide bonds. The number of nitro benzene ring substituents is 1. The highest BCUT2D eigenvalue weighted by Gasteiger charge is 2.38. The molecule has 0 spiro atoms. The largest absolute Gasteiger partial charge is 0.523 e. The minimum absolute atomic E-state index is 0.0838. The smallest absolute Gasteiger partial charge is 0.410 e. The molecule has 1 aromatic rings. The minimum Gasteiger partial charge on any atom is -0.410 e. The van der Waals surface area contributed by atoms with E-state index in [1.54, 1.807) is 13.8 Å². The van der Waals surface area contributed by atoms with Gasteiger partial charge in [-0.2, -0.15) is 0 Å². The minimum atomic E-state index is -4.76. The lowest BCUT2D eigenvalue weighted by molar-refractivity contribution is -0.384. The van der Waals surface area contributed by atoms with Crippen molar-refractivity contribution in [3.63, 3.8) is 0 Å². The molecule has 0 saturated heterocycles. The number of allylic oxidation sites excluding steroid dienone is 1. The van der Waals surface area contributed by atoms with Crippen molar-refractivity contribution < 1.29 is 32.4 Å². The molecule has 7 nitrogen and oxygen atoms in total. The summed E-state index contributed by atoms with van der Waals surface area (Å²) in [4.78, 5) is 22.0. The van der Waals surface area contributed by atoms with Crippen LogP contribution in [0.2, 0.25) is 0 Å². The Bertz CT molecular complexity index is 772. The van der Waals surface area contributed by atoms with E-state index < -0.39 is 29.4 Å². The topological polar surface area (TPSA) is 90.7 Å². The molecule has 146 valence electrons. The Morgan fingerprint density at radius 3 is 2.44 bits per heavy atom. The molecular weight excluding hydrogens is 369 g/mol. The van der Waals surface area contributed by atoms with Crippen molar-refractivity contribution in [2.24, 2.45) is 5.92 Å². The van der Waals surface area contributed by atoms with E-state index in [0.717, 1.165) is 0 Å². The summed E-state index contributed by atoms with van der Waals surface area (Å²) in [5, 5.41) is 13.0. The first-order valence-corrected chi connectivity index (χ1v) is 7.99. The van der Waals surface area contributed by atoms with Gasteiger partial charge in [0.1, 0.15) is 5.75 Å². The molecule has 2 rings (SSSR count). The highest BCUT2D eigenvalue weighted by Crippen LogP contribution is 2.32. The summed E-state index contributed by atoms with van der Waals surface area (Å²) < 4.78 is 46.8. The Hall–Kier alpha value is -2.88. The fraction of sp³-hybridized carbons (Fsp3) is 0.353. The van der Waals surface area contributed by atoms with Gasteiger partial charge in [-0.15, -0.1) is 13.2 Å². The molecule has 0 bridgehead atoms. The SMILES string of the molecule is CCC1=CC(NC(=O)Oc2ccc([N+](=O)[O-])cc2)=CC(C)C1OC(F)(F)F. The lowest BCUT2D eigenvalue weighted by Gasteiger charge is -2.29. The third kappa shape index (κ3) is 5.81. The van der Waals surface area contributed by atoms with Gasteiger partial charge in [-0.3, -0.25) is 20.2 Å². The number of nitro groups is 1. The normalized spacial score (nSPS) is 19.7. The van der Waals surface area contributed by atoms with E-state index in [2.05, 4.69) is 10.1 Å². The predicted octanol–water partition coefficient (Wildman–Crippen LogP) is 4.46. The lowest BCUT2D eigenvalue weighted by atomic mass is 9.89. The van der Waals surface area contributed by atoms with Crippen molar-refractivity contribution in [3.8, 4) is 5.75 Å². The van der Waals surface area contributed by atoms with Crippen LogP contribution in [0.4, 0.5) is 23.7 Å². The molecule has 0 fully saturated rings. The first kappa shape index (κ1) is 20.4. The van der Waals surface area contributed by atoms with E-state index in [-0.39, 0.29) is 17.1 Å². The number of ether oxygens (including phenoxy) is 2. The molecule has 1 aromatic carbocycles. The fourth-order valence-corrected chi connectivity index (χ4v) is 2.63. The Morgan fingerprint density at radius 1 is 1.30 bits per heavy atom. The molecule has 0 aliphatic heterocycles. The molecule has 0 aromatic heterocycles. The van der Waals surface area contributed by atoms with Crippen LogP contribution in [0.15, 0.2) is 47.7 Å². The Balaban J connectivity index is 2.04. The van der Waals surface area contributed by atoms with Crippen LogP contribution in [0.1, 0.15) is 20.3 Å². The average molecular weight is 386 g/mol. The van der Waals surface area contributed by atoms with Crippen LogP contribution in [-0.2, 0) is 4.74 Å². The molecule has 1 aliphatic rings. The summed E-state index contributed by atoms with van der Waals surface area (Å²) in [7, 11) is 0. The van der Waals surface area contributed by atoms with Crippen LogP contribution in [0.5, 0.6) is 5.75 Å². The number of benzene rings is 1. The van der Waals surface area contributed by atoms with Gasteiger partial charge in [0, 0.05) is 23.7 Å². The summed E-state index contributed by atoms with van der Waals surface area (Å²) in [6, 6.07) is 4.88. The maximum atomic E-state index is 12.5. The molecule has 27 heavy (non-hydrogen) atoms. The number of rotatable bonds is 5. The second-order valence-corrected chi connectivity index (χ2v) is 5.80. The first-order valence-electron chi connectivity index (χ1n) is 7.99. The van der Waals surface area contributed by atoms with Crippen LogP contribution in [-0.4, -0.2) is 23.5 Å². The number of halogens is 3. The Morgan fingerprint density at radius 2 is 1.93 bits per heavy atom. The summed E-state index contributed by atoms with van der Waals surface area (Å²) in [6.07, 6.45) is -3.64. The van der Waals surface area contributed by atoms with E-state index in [9.17, 15) is 28.1 Å². The van der Waals surface area contributed by atoms with Crippen LogP contribution in [0.25, 0.3) is 0 Å². The highest BCUT2D eigenvalue weighted by molar-refractivity contribution is 5.73. The molecule has 1 aliphatic carbocycles. The number of nitrogens with zero attached hydrogens (tertiary/aromatic N) is 1. The van der Waals surface area contributed by atoms with Crippen molar-refractivity contribution in [2.45, 2.75) is 32.7 Å². The van der Waals surface area contributed by atoms with E-state index in [0.29, 0.717) is 12.0 Å². The average Bonchev–Trinajstić information content (AvgIpc) is 2.56. The molecule has 2 unspecified atom stereocenters. The van der Waals surface area contributed by atoms with Gasteiger partial charge in [-0.25, -0.2) is 4.79 Å². The zero-order chi connectivity index (χ0) is 20.2. The predicted molar refractivity (Wildman–Crippen MR) is 88.8 cm³/mol. The molecule has 0 heterocycles. The molecule has 0 radical (unpaired) electrons. The summed E-state index contributed by atoms with van der Waals surface area (Å²) in [6.45, 7) is 3.23. The number of hydrogen-bond acceptors (Lipinski definition) is 5. The second kappa shape index (κ2) is 8.21. The van der Waals surface area contributed by atoms with Crippen LogP contribution in [0, 0.1) is 16.0 Å². The maximum absolute atomic E-state index is 12.5. The van der Waals surface area contributed by atoms with Gasteiger partial charge >= 0.3 is 12.5 Å². The Kier molecular flexibility index (Phi) is 6.21. The summed E-state index contributed by atoms with van der Waals surface area (Å²) >= 11 is 0. The highest BCUT2D eigenvalue weighted by atomic mass is 19.4. The molecule has 1 N–H and O–H groups in total. The molecule has 2 atom stereocenters. The summed E-state index contributed by atoms with van der Waals surface area (Å²) in [5.74, 6) is -0.540. The fourth-order valence-electron chi connectivity index (χ4n) is 2.63. The van der Waals surface area contributed by atoms with Crippen molar-refractivity contribution in [2.75, 3.05) is 0 Å². The number of nitrogens with one attached hydrogen (secondary N) is 1. The zero-order valence-corrected chi connectivity index (χ0v) is 14.4.